The third-order valence-electron chi connectivity index (χ3n) is 5.99. The van der Waals surface area contributed by atoms with E-state index in [1.165, 1.54) is 36.8 Å². The maximum absolute atomic E-state index is 13.4. The summed E-state index contributed by atoms with van der Waals surface area (Å²) >= 11 is 3.06. The summed E-state index contributed by atoms with van der Waals surface area (Å²) in [4.78, 5) is 34.1. The molecule has 1 amide bonds. The highest BCUT2D eigenvalue weighted by Crippen LogP contribution is 2.38. The Morgan fingerprint density at radius 2 is 1.95 bits per heavy atom. The van der Waals surface area contributed by atoms with E-state index in [0.29, 0.717) is 40.1 Å². The third kappa shape index (κ3) is 6.44. The zero-order chi connectivity index (χ0) is 26.6. The number of alkyl halides is 3. The van der Waals surface area contributed by atoms with Gasteiger partial charge < -0.3 is 21.1 Å². The zero-order valence-electron chi connectivity index (χ0n) is 19.4. The van der Waals surface area contributed by atoms with Gasteiger partial charge in [-0.1, -0.05) is 15.9 Å². The first-order valence-corrected chi connectivity index (χ1v) is 12.0. The highest BCUT2D eigenvalue weighted by atomic mass is 79.9. The Bertz CT molecular complexity index is 1300. The summed E-state index contributed by atoms with van der Waals surface area (Å²) in [5.74, 6) is -0.607. The molecular weight excluding hydrogens is 555 g/mol. The number of hydrogen-bond donors (Lipinski definition) is 3. The molecule has 0 unspecified atom stereocenters. The van der Waals surface area contributed by atoms with Crippen LogP contribution in [0.3, 0.4) is 0 Å². The van der Waals surface area contributed by atoms with Gasteiger partial charge in [-0.15, -0.1) is 0 Å². The van der Waals surface area contributed by atoms with Gasteiger partial charge >= 0.3 is 6.18 Å². The summed E-state index contributed by atoms with van der Waals surface area (Å²) in [5.41, 5.74) is 5.28. The van der Waals surface area contributed by atoms with Crippen LogP contribution in [0, 0.1) is 5.41 Å². The number of anilines is 3. The van der Waals surface area contributed by atoms with E-state index >= 15 is 0 Å². The van der Waals surface area contributed by atoms with E-state index in [1.807, 2.05) is 0 Å². The Balaban J connectivity index is 1.40. The minimum atomic E-state index is -4.53. The molecule has 1 aromatic carbocycles. The van der Waals surface area contributed by atoms with Crippen LogP contribution in [0.25, 0.3) is 0 Å². The topological polar surface area (TPSA) is 119 Å². The van der Waals surface area contributed by atoms with E-state index in [1.54, 1.807) is 12.1 Å². The molecule has 4 N–H and O–H groups in total. The Hall–Kier alpha value is -3.51. The van der Waals surface area contributed by atoms with E-state index < -0.39 is 17.2 Å². The fourth-order valence-electron chi connectivity index (χ4n) is 4.00. The lowest BCUT2D eigenvalue weighted by atomic mass is 9.80. The molecule has 8 nitrogen and oxygen atoms in total. The van der Waals surface area contributed by atoms with E-state index in [-0.39, 0.29) is 37.0 Å². The minimum absolute atomic E-state index is 0.0605. The number of carbonyl (C=O) groups excluding carboxylic acids is 2. The molecule has 1 atom stereocenters. The van der Waals surface area contributed by atoms with E-state index in [2.05, 4.69) is 36.5 Å². The van der Waals surface area contributed by atoms with Gasteiger partial charge in [0.1, 0.15) is 0 Å². The molecular formula is C25H23BrF3N5O3. The molecule has 0 radical (unpaired) electrons. The number of ketones is 1. The van der Waals surface area contributed by atoms with E-state index in [0.717, 1.165) is 6.07 Å². The number of hydrogen-bond acceptors (Lipinski definition) is 7. The van der Waals surface area contributed by atoms with Gasteiger partial charge in [0, 0.05) is 35.5 Å². The molecule has 2 aromatic heterocycles. The Kier molecular flexibility index (Phi) is 7.79. The van der Waals surface area contributed by atoms with Crippen LogP contribution < -0.4 is 16.4 Å². The summed E-state index contributed by atoms with van der Waals surface area (Å²) in [6, 6.07) is 8.51. The number of carbonyl (C=O) groups is 2. The van der Waals surface area contributed by atoms with Crippen molar-refractivity contribution in [2.24, 2.45) is 5.41 Å². The van der Waals surface area contributed by atoms with Gasteiger partial charge in [-0.2, -0.15) is 13.2 Å². The molecule has 1 fully saturated rings. The fraction of sp³-hybridized carbons (Fsp3) is 0.280. The number of nitrogen functional groups attached to an aromatic ring is 1. The van der Waals surface area contributed by atoms with Crippen LogP contribution in [0.4, 0.5) is 30.2 Å². The molecule has 4 rings (SSSR count). The van der Waals surface area contributed by atoms with Crippen LogP contribution in [-0.2, 0) is 22.3 Å². The Morgan fingerprint density at radius 1 is 1.14 bits per heavy atom. The summed E-state index contributed by atoms with van der Waals surface area (Å²) < 4.78 is 45.9. The summed E-state index contributed by atoms with van der Waals surface area (Å²) in [6.07, 6.45) is 0.00882. The van der Waals surface area contributed by atoms with Crippen molar-refractivity contribution in [3.05, 3.63) is 76.3 Å². The van der Waals surface area contributed by atoms with E-state index in [4.69, 9.17) is 10.5 Å². The minimum Gasteiger partial charge on any atom is -0.397 e. The number of aromatic nitrogens is 2. The molecule has 0 aliphatic carbocycles. The van der Waals surface area contributed by atoms with Crippen LogP contribution in [0.2, 0.25) is 0 Å². The van der Waals surface area contributed by atoms with Crippen LogP contribution >= 0.6 is 15.9 Å². The van der Waals surface area contributed by atoms with Crippen molar-refractivity contribution in [1.82, 2.24) is 15.3 Å². The van der Waals surface area contributed by atoms with Gasteiger partial charge in [0.05, 0.1) is 53.1 Å². The largest absolute Gasteiger partial charge is 0.418 e. The summed E-state index contributed by atoms with van der Waals surface area (Å²) in [5, 5.41) is 5.54. The second kappa shape index (κ2) is 10.9. The number of nitrogens with two attached hydrogens (primary N) is 1. The molecule has 3 heterocycles. The average molecular weight is 578 g/mol. The second-order valence-electron chi connectivity index (χ2n) is 8.72. The standard InChI is InChI=1S/C25H23BrF3N5O3/c26-16-1-4-21(20(8-16)25(27,28)29)34-19-3-2-18(32-13-19)12-33-23(36)24(5-6-37-14-24)9-22(35)15-7-17(30)11-31-10-15/h1-4,7-8,10-11,13,34H,5-6,9,12,14,30H2,(H,33,36)/t24-/m0/s1. The first-order valence-electron chi connectivity index (χ1n) is 11.2. The lowest BCUT2D eigenvalue weighted by Crippen LogP contribution is -2.42. The second-order valence-corrected chi connectivity index (χ2v) is 9.64. The molecule has 0 spiro atoms. The maximum Gasteiger partial charge on any atom is 0.418 e. The molecule has 12 heteroatoms. The number of Topliss-reactive ketones (excluding diaryl/α,β-unsaturated/α-hetero) is 1. The zero-order valence-corrected chi connectivity index (χ0v) is 21.0. The van der Waals surface area contributed by atoms with Crippen molar-refractivity contribution in [3.8, 4) is 0 Å². The lowest BCUT2D eigenvalue weighted by Gasteiger charge is -2.25. The number of nitrogens with one attached hydrogen (secondary N) is 2. The number of benzene rings is 1. The third-order valence-corrected chi connectivity index (χ3v) is 6.48. The van der Waals surface area contributed by atoms with Crippen molar-refractivity contribution in [2.45, 2.75) is 25.6 Å². The summed E-state index contributed by atoms with van der Waals surface area (Å²) in [7, 11) is 0. The first kappa shape index (κ1) is 26.6. The van der Waals surface area contributed by atoms with Gasteiger partial charge in [0.15, 0.2) is 5.78 Å². The molecule has 1 saturated heterocycles. The predicted octanol–water partition coefficient (Wildman–Crippen LogP) is 4.88. The quantitative estimate of drug-likeness (QED) is 0.326. The van der Waals surface area contributed by atoms with Gasteiger partial charge in [-0.25, -0.2) is 0 Å². The molecule has 1 aliphatic heterocycles. The van der Waals surface area contributed by atoms with Crippen LogP contribution in [0.15, 0.2) is 59.5 Å². The van der Waals surface area contributed by atoms with Crippen LogP contribution in [-0.4, -0.2) is 34.9 Å². The van der Waals surface area contributed by atoms with Crippen LogP contribution in [0.5, 0.6) is 0 Å². The number of halogens is 4. The SMILES string of the molecule is Nc1cncc(C(=O)C[C@@]2(C(=O)NCc3ccc(Nc4ccc(Br)cc4C(F)(F)F)cn3)CCOC2)c1. The Morgan fingerprint density at radius 3 is 2.59 bits per heavy atom. The fourth-order valence-corrected chi connectivity index (χ4v) is 4.36. The monoisotopic (exact) mass is 577 g/mol. The average Bonchev–Trinajstić information content (AvgIpc) is 3.33. The number of nitrogens with zero attached hydrogens (tertiary/aromatic N) is 2. The smallest absolute Gasteiger partial charge is 0.397 e. The molecule has 0 bridgehead atoms. The predicted molar refractivity (Wildman–Crippen MR) is 134 cm³/mol. The van der Waals surface area contributed by atoms with Gasteiger partial charge in [0.25, 0.3) is 0 Å². The van der Waals surface area contributed by atoms with Crippen molar-refractivity contribution >= 4 is 44.7 Å². The Labute approximate surface area is 219 Å². The van der Waals surface area contributed by atoms with Gasteiger partial charge in [-0.05, 0) is 42.8 Å². The molecule has 37 heavy (non-hydrogen) atoms. The first-order chi connectivity index (χ1) is 17.6. The van der Waals surface area contributed by atoms with Crippen LogP contribution in [0.1, 0.15) is 34.5 Å². The lowest BCUT2D eigenvalue weighted by molar-refractivity contribution is -0.137. The van der Waals surface area contributed by atoms with Gasteiger partial charge in [-0.3, -0.25) is 19.6 Å². The molecule has 0 saturated carbocycles. The molecule has 1 aliphatic rings. The normalized spacial score (nSPS) is 17.4. The number of amides is 1. The summed E-state index contributed by atoms with van der Waals surface area (Å²) in [6.45, 7) is 0.525. The van der Waals surface area contributed by atoms with Gasteiger partial charge in [0.2, 0.25) is 5.91 Å². The number of rotatable bonds is 8. The highest BCUT2D eigenvalue weighted by Gasteiger charge is 2.44. The van der Waals surface area contributed by atoms with Crippen molar-refractivity contribution in [2.75, 3.05) is 24.3 Å². The van der Waals surface area contributed by atoms with E-state index in [9.17, 15) is 22.8 Å². The van der Waals surface area contributed by atoms with Crippen molar-refractivity contribution in [3.63, 3.8) is 0 Å². The molecule has 3 aromatic rings. The van der Waals surface area contributed by atoms with Crippen molar-refractivity contribution in [1.29, 1.82) is 0 Å². The number of pyridine rings is 2. The maximum atomic E-state index is 13.4. The highest BCUT2D eigenvalue weighted by molar-refractivity contribution is 9.10. The van der Waals surface area contributed by atoms with Crippen molar-refractivity contribution < 1.29 is 27.5 Å². The molecule has 194 valence electrons. The number of ether oxygens (including phenoxy) is 1.